The fraction of sp³-hybridized carbons (Fsp3) is 0.125. The van der Waals surface area contributed by atoms with Gasteiger partial charge in [0.1, 0.15) is 10.7 Å². The van der Waals surface area contributed by atoms with E-state index in [1.165, 1.54) is 0 Å². The molecule has 0 aliphatic carbocycles. The summed E-state index contributed by atoms with van der Waals surface area (Å²) >= 11 is 0. The molecule has 0 spiro atoms. The summed E-state index contributed by atoms with van der Waals surface area (Å²) in [5.41, 5.74) is -0.868. The second-order valence-electron chi connectivity index (χ2n) is 2.66. The Morgan fingerprint density at radius 1 is 1.29 bits per heavy atom. The van der Waals surface area contributed by atoms with Crippen LogP contribution >= 0.6 is 0 Å². The highest BCUT2D eigenvalue weighted by atomic mass is 32.2. The topological polar surface area (TPSA) is 51.2 Å². The van der Waals surface area contributed by atoms with Gasteiger partial charge in [0.05, 0.1) is 5.56 Å². The monoisotopic (exact) mass is 220 g/mol. The quantitative estimate of drug-likeness (QED) is 0.555. The molecule has 1 aromatic carbocycles. The van der Waals surface area contributed by atoms with Gasteiger partial charge < -0.3 is 0 Å². The van der Waals surface area contributed by atoms with Gasteiger partial charge in [0, 0.05) is 6.26 Å². The fourth-order valence-electron chi connectivity index (χ4n) is 0.944. The molecule has 0 amide bonds. The second-order valence-corrected chi connectivity index (χ2v) is 4.65. The van der Waals surface area contributed by atoms with Crippen LogP contribution in [0.3, 0.4) is 0 Å². The first-order valence-corrected chi connectivity index (χ1v) is 5.40. The first kappa shape index (κ1) is 10.8. The van der Waals surface area contributed by atoms with Crippen molar-refractivity contribution in [2.75, 3.05) is 6.26 Å². The molecule has 0 heterocycles. The van der Waals surface area contributed by atoms with E-state index in [1.54, 1.807) is 0 Å². The predicted molar refractivity (Wildman–Crippen MR) is 44.9 cm³/mol. The Balaban J connectivity index is 3.60. The molecule has 6 heteroatoms. The van der Waals surface area contributed by atoms with Crippen LogP contribution in [0.2, 0.25) is 0 Å². The average molecular weight is 220 g/mol. The lowest BCUT2D eigenvalue weighted by Crippen LogP contribution is -2.05. The van der Waals surface area contributed by atoms with Gasteiger partial charge in [-0.25, -0.2) is 17.2 Å². The van der Waals surface area contributed by atoms with Gasteiger partial charge >= 0.3 is 0 Å². The molecule has 0 aliphatic rings. The van der Waals surface area contributed by atoms with E-state index >= 15 is 0 Å². The molecule has 0 saturated heterocycles. The smallest absolute Gasteiger partial charge is 0.178 e. The SMILES string of the molecule is CS(=O)(=O)c1ccc(F)c(C=O)c1F. The molecular weight excluding hydrogens is 214 g/mol. The number of carbonyl (C=O) groups is 1. The van der Waals surface area contributed by atoms with Crippen LogP contribution in [0, 0.1) is 11.6 Å². The number of hydrogen-bond acceptors (Lipinski definition) is 3. The Kier molecular flexibility index (Phi) is 2.66. The van der Waals surface area contributed by atoms with E-state index in [9.17, 15) is 22.0 Å². The fourth-order valence-corrected chi connectivity index (χ4v) is 1.69. The lowest BCUT2D eigenvalue weighted by molar-refractivity contribution is 0.111. The highest BCUT2D eigenvalue weighted by Crippen LogP contribution is 2.19. The van der Waals surface area contributed by atoms with Crippen LogP contribution in [0.25, 0.3) is 0 Å². The van der Waals surface area contributed by atoms with E-state index in [0.717, 1.165) is 18.4 Å². The zero-order valence-corrected chi connectivity index (χ0v) is 7.94. The van der Waals surface area contributed by atoms with Crippen LogP contribution in [0.4, 0.5) is 8.78 Å². The Bertz CT molecular complexity index is 480. The summed E-state index contributed by atoms with van der Waals surface area (Å²) < 4.78 is 47.8. The summed E-state index contributed by atoms with van der Waals surface area (Å²) in [6.07, 6.45) is 0.719. The van der Waals surface area contributed by atoms with Gasteiger partial charge in [0.2, 0.25) is 0 Å². The van der Waals surface area contributed by atoms with E-state index in [2.05, 4.69) is 0 Å². The normalized spacial score (nSPS) is 11.4. The van der Waals surface area contributed by atoms with Crippen LogP contribution in [-0.2, 0) is 9.84 Å². The van der Waals surface area contributed by atoms with E-state index in [4.69, 9.17) is 0 Å². The average Bonchev–Trinajstić information content (AvgIpc) is 2.02. The van der Waals surface area contributed by atoms with E-state index < -0.39 is 31.9 Å². The van der Waals surface area contributed by atoms with Crippen LogP contribution in [0.5, 0.6) is 0 Å². The molecule has 0 aliphatic heterocycles. The first-order chi connectivity index (χ1) is 6.38. The van der Waals surface area contributed by atoms with Crippen LogP contribution in [0.1, 0.15) is 10.4 Å². The van der Waals surface area contributed by atoms with Crippen molar-refractivity contribution in [2.45, 2.75) is 4.90 Å². The molecule has 3 nitrogen and oxygen atoms in total. The number of sulfone groups is 1. The zero-order chi connectivity index (χ0) is 10.9. The Labute approximate surface area is 79.3 Å². The van der Waals surface area contributed by atoms with Crippen molar-refractivity contribution >= 4 is 16.1 Å². The molecular formula is C8H6F2O3S. The minimum absolute atomic E-state index is 0.0562. The molecule has 1 aromatic rings. The number of aldehydes is 1. The number of rotatable bonds is 2. The molecule has 0 unspecified atom stereocenters. The van der Waals surface area contributed by atoms with Crippen molar-refractivity contribution in [3.8, 4) is 0 Å². The molecule has 0 atom stereocenters. The van der Waals surface area contributed by atoms with Gasteiger partial charge in [-0.05, 0) is 12.1 Å². The van der Waals surface area contributed by atoms with Crippen molar-refractivity contribution in [1.82, 2.24) is 0 Å². The lowest BCUT2D eigenvalue weighted by Gasteiger charge is -2.02. The maximum Gasteiger partial charge on any atom is 0.178 e. The minimum Gasteiger partial charge on any atom is -0.298 e. The maximum absolute atomic E-state index is 13.2. The standard InChI is InChI=1S/C8H6F2O3S/c1-14(12,13)7-3-2-6(9)5(4-11)8(7)10/h2-4H,1H3. The molecule has 0 radical (unpaired) electrons. The number of halogens is 2. The molecule has 0 fully saturated rings. The van der Waals surface area contributed by atoms with Gasteiger partial charge in [0.15, 0.2) is 21.9 Å². The van der Waals surface area contributed by atoms with Gasteiger partial charge in [-0.2, -0.15) is 0 Å². The minimum atomic E-state index is -3.78. The maximum atomic E-state index is 13.2. The van der Waals surface area contributed by atoms with Crippen molar-refractivity contribution in [3.63, 3.8) is 0 Å². The molecule has 0 bridgehead atoms. The van der Waals surface area contributed by atoms with E-state index in [-0.39, 0.29) is 6.29 Å². The second kappa shape index (κ2) is 3.45. The third kappa shape index (κ3) is 1.79. The molecule has 0 N–H and O–H groups in total. The molecule has 76 valence electrons. The van der Waals surface area contributed by atoms with Crippen molar-refractivity contribution in [2.24, 2.45) is 0 Å². The first-order valence-electron chi connectivity index (χ1n) is 3.51. The molecule has 0 saturated carbocycles. The molecule has 0 aromatic heterocycles. The van der Waals surface area contributed by atoms with Crippen LogP contribution < -0.4 is 0 Å². The lowest BCUT2D eigenvalue weighted by atomic mass is 10.2. The number of benzene rings is 1. The predicted octanol–water partition coefficient (Wildman–Crippen LogP) is 1.18. The number of carbonyl (C=O) groups excluding carboxylic acids is 1. The Hall–Kier alpha value is -1.30. The summed E-state index contributed by atoms with van der Waals surface area (Å²) in [4.78, 5) is 9.57. The zero-order valence-electron chi connectivity index (χ0n) is 7.12. The third-order valence-electron chi connectivity index (χ3n) is 1.61. The Morgan fingerprint density at radius 3 is 2.29 bits per heavy atom. The van der Waals surface area contributed by atoms with Crippen LogP contribution in [-0.4, -0.2) is 21.0 Å². The summed E-state index contributed by atoms with van der Waals surface area (Å²) in [5, 5.41) is 0. The summed E-state index contributed by atoms with van der Waals surface area (Å²) in [6.45, 7) is 0. The third-order valence-corrected chi connectivity index (χ3v) is 2.72. The van der Waals surface area contributed by atoms with Crippen molar-refractivity contribution in [3.05, 3.63) is 29.3 Å². The summed E-state index contributed by atoms with van der Waals surface area (Å²) in [7, 11) is -3.78. The molecule has 1 rings (SSSR count). The van der Waals surface area contributed by atoms with Gasteiger partial charge in [-0.1, -0.05) is 0 Å². The van der Waals surface area contributed by atoms with Crippen LogP contribution in [0.15, 0.2) is 17.0 Å². The van der Waals surface area contributed by atoms with Crippen molar-refractivity contribution < 1.29 is 22.0 Å². The van der Waals surface area contributed by atoms with Gasteiger partial charge in [-0.3, -0.25) is 4.79 Å². The largest absolute Gasteiger partial charge is 0.298 e. The molecule has 14 heavy (non-hydrogen) atoms. The highest BCUT2D eigenvalue weighted by Gasteiger charge is 2.19. The van der Waals surface area contributed by atoms with Gasteiger partial charge in [-0.15, -0.1) is 0 Å². The highest BCUT2D eigenvalue weighted by molar-refractivity contribution is 7.90. The summed E-state index contributed by atoms with van der Waals surface area (Å²) in [5.74, 6) is -2.42. The van der Waals surface area contributed by atoms with Crippen molar-refractivity contribution in [1.29, 1.82) is 0 Å². The van der Waals surface area contributed by atoms with E-state index in [0.29, 0.717) is 0 Å². The summed E-state index contributed by atoms with van der Waals surface area (Å²) in [6, 6.07) is 1.52. The Morgan fingerprint density at radius 2 is 1.86 bits per heavy atom. The van der Waals surface area contributed by atoms with Gasteiger partial charge in [0.25, 0.3) is 0 Å². The van der Waals surface area contributed by atoms with E-state index in [1.807, 2.05) is 0 Å². The number of hydrogen-bond donors (Lipinski definition) is 0.